The van der Waals surface area contributed by atoms with Crippen LogP contribution in [0.15, 0.2) is 35.2 Å². The molecule has 1 rings (SSSR count). The van der Waals surface area contributed by atoms with Gasteiger partial charge in [-0.25, -0.2) is 0 Å². The summed E-state index contributed by atoms with van der Waals surface area (Å²) in [5, 5.41) is 8.26. The van der Waals surface area contributed by atoms with Crippen LogP contribution in [-0.4, -0.2) is 5.37 Å². The van der Waals surface area contributed by atoms with Crippen LogP contribution >= 0.6 is 11.8 Å². The highest BCUT2D eigenvalue weighted by atomic mass is 32.2. The Bertz CT molecular complexity index is 266. The minimum Gasteiger partial charge on any atom is -0.318 e. The average Bonchev–Trinajstić information content (AvgIpc) is 2.06. The number of benzene rings is 1. The summed E-state index contributed by atoms with van der Waals surface area (Å²) in [7, 11) is 0. The van der Waals surface area contributed by atoms with Gasteiger partial charge in [-0.05, 0) is 12.1 Å². The van der Waals surface area contributed by atoms with Crippen LogP contribution in [0, 0.1) is 11.3 Å². The van der Waals surface area contributed by atoms with Crippen molar-refractivity contribution < 1.29 is 0 Å². The Labute approximate surface area is 76.4 Å². The maximum absolute atomic E-state index is 8.37. The fraction of sp³-hybridized carbons (Fsp3) is 0.222. The second-order valence-corrected chi connectivity index (χ2v) is 3.64. The van der Waals surface area contributed by atoms with Gasteiger partial charge in [-0.2, -0.15) is 5.26 Å². The van der Waals surface area contributed by atoms with E-state index in [-0.39, 0.29) is 5.37 Å². The standard InChI is InChI=1S/C9H10N2S/c10-7-6-9(11)12-8-4-2-1-3-5-8/h1-5,9H,6,11H2. The largest absolute Gasteiger partial charge is 0.318 e. The van der Waals surface area contributed by atoms with E-state index < -0.39 is 0 Å². The van der Waals surface area contributed by atoms with Gasteiger partial charge in [0.25, 0.3) is 0 Å². The first-order valence-corrected chi connectivity index (χ1v) is 4.55. The molecular formula is C9H10N2S. The van der Waals surface area contributed by atoms with Crippen molar-refractivity contribution in [1.29, 1.82) is 5.26 Å². The Balaban J connectivity index is 2.48. The lowest BCUT2D eigenvalue weighted by molar-refractivity contribution is 0.942. The quantitative estimate of drug-likeness (QED) is 0.568. The first-order valence-electron chi connectivity index (χ1n) is 3.67. The first-order chi connectivity index (χ1) is 5.83. The maximum atomic E-state index is 8.37. The van der Waals surface area contributed by atoms with Gasteiger partial charge < -0.3 is 5.73 Å². The van der Waals surface area contributed by atoms with Crippen LogP contribution in [0.1, 0.15) is 6.42 Å². The molecule has 1 aromatic rings. The summed E-state index contributed by atoms with van der Waals surface area (Å²) in [4.78, 5) is 1.11. The van der Waals surface area contributed by atoms with Gasteiger partial charge in [0.05, 0.1) is 17.9 Å². The molecule has 0 fully saturated rings. The Morgan fingerprint density at radius 1 is 1.42 bits per heavy atom. The molecule has 0 aliphatic rings. The number of nitriles is 1. The molecule has 2 nitrogen and oxygen atoms in total. The van der Waals surface area contributed by atoms with Crippen LogP contribution in [0.2, 0.25) is 0 Å². The Morgan fingerprint density at radius 3 is 2.67 bits per heavy atom. The molecule has 3 heteroatoms. The van der Waals surface area contributed by atoms with E-state index in [2.05, 4.69) is 0 Å². The third-order valence-corrected chi connectivity index (χ3v) is 2.34. The zero-order valence-electron chi connectivity index (χ0n) is 6.60. The van der Waals surface area contributed by atoms with E-state index in [0.29, 0.717) is 6.42 Å². The van der Waals surface area contributed by atoms with Crippen LogP contribution < -0.4 is 5.73 Å². The molecule has 12 heavy (non-hydrogen) atoms. The third-order valence-electron chi connectivity index (χ3n) is 1.32. The predicted octanol–water partition coefficient (Wildman–Crippen LogP) is 1.98. The number of hydrogen-bond acceptors (Lipinski definition) is 3. The zero-order valence-corrected chi connectivity index (χ0v) is 7.42. The van der Waals surface area contributed by atoms with E-state index in [1.165, 1.54) is 11.8 Å². The average molecular weight is 178 g/mol. The van der Waals surface area contributed by atoms with Crippen LogP contribution in [0.5, 0.6) is 0 Å². The summed E-state index contributed by atoms with van der Waals surface area (Å²) in [5.41, 5.74) is 5.66. The number of nitrogens with zero attached hydrogens (tertiary/aromatic N) is 1. The molecule has 0 heterocycles. The fourth-order valence-corrected chi connectivity index (χ4v) is 1.63. The zero-order chi connectivity index (χ0) is 8.81. The van der Waals surface area contributed by atoms with Crippen LogP contribution in [0.3, 0.4) is 0 Å². The minimum atomic E-state index is -0.114. The summed E-state index contributed by atoms with van der Waals surface area (Å²) >= 11 is 1.52. The van der Waals surface area contributed by atoms with Gasteiger partial charge in [0, 0.05) is 4.90 Å². The van der Waals surface area contributed by atoms with Crippen molar-refractivity contribution in [1.82, 2.24) is 0 Å². The molecule has 0 saturated heterocycles. The molecule has 1 atom stereocenters. The summed E-state index contributed by atoms with van der Waals surface area (Å²) in [6, 6.07) is 11.9. The minimum absolute atomic E-state index is 0.114. The lowest BCUT2D eigenvalue weighted by atomic mass is 10.4. The molecule has 62 valence electrons. The van der Waals surface area contributed by atoms with E-state index in [1.54, 1.807) is 0 Å². The second-order valence-electron chi connectivity index (χ2n) is 2.33. The second kappa shape index (κ2) is 4.81. The molecular weight excluding hydrogens is 168 g/mol. The molecule has 0 aromatic heterocycles. The fourth-order valence-electron chi connectivity index (χ4n) is 0.805. The van der Waals surface area contributed by atoms with E-state index in [4.69, 9.17) is 11.0 Å². The highest BCUT2D eigenvalue weighted by Gasteiger charge is 2.02. The van der Waals surface area contributed by atoms with Crippen molar-refractivity contribution in [2.24, 2.45) is 5.73 Å². The first kappa shape index (κ1) is 9.11. The molecule has 0 saturated carbocycles. The van der Waals surface area contributed by atoms with Gasteiger partial charge in [0.2, 0.25) is 0 Å². The summed E-state index contributed by atoms with van der Waals surface area (Å²) in [6.45, 7) is 0. The highest BCUT2D eigenvalue weighted by molar-refractivity contribution is 7.99. The summed E-state index contributed by atoms with van der Waals surface area (Å²) in [6.07, 6.45) is 0.388. The number of rotatable bonds is 3. The smallest absolute Gasteiger partial charge is 0.0686 e. The van der Waals surface area contributed by atoms with Gasteiger partial charge >= 0.3 is 0 Å². The van der Waals surface area contributed by atoms with Crippen molar-refractivity contribution in [2.45, 2.75) is 16.7 Å². The Kier molecular flexibility index (Phi) is 3.65. The molecule has 0 amide bonds. The summed E-state index contributed by atoms with van der Waals surface area (Å²) in [5.74, 6) is 0. The summed E-state index contributed by atoms with van der Waals surface area (Å²) < 4.78 is 0. The molecule has 1 unspecified atom stereocenters. The molecule has 0 bridgehead atoms. The maximum Gasteiger partial charge on any atom is 0.0686 e. The number of nitrogens with two attached hydrogens (primary N) is 1. The van der Waals surface area contributed by atoms with Crippen LogP contribution in [0.4, 0.5) is 0 Å². The third kappa shape index (κ3) is 2.95. The van der Waals surface area contributed by atoms with Crippen molar-refractivity contribution in [2.75, 3.05) is 0 Å². The topological polar surface area (TPSA) is 49.8 Å². The number of hydrogen-bond donors (Lipinski definition) is 1. The molecule has 1 aromatic carbocycles. The molecule has 0 aliphatic heterocycles. The van der Waals surface area contributed by atoms with Crippen molar-refractivity contribution in [3.63, 3.8) is 0 Å². The SMILES string of the molecule is N#CCC(N)Sc1ccccc1. The van der Waals surface area contributed by atoms with Gasteiger partial charge in [-0.15, -0.1) is 11.8 Å². The van der Waals surface area contributed by atoms with Crippen LogP contribution in [0.25, 0.3) is 0 Å². The normalized spacial score (nSPS) is 12.0. The highest BCUT2D eigenvalue weighted by Crippen LogP contribution is 2.21. The van der Waals surface area contributed by atoms with E-state index >= 15 is 0 Å². The van der Waals surface area contributed by atoms with Gasteiger partial charge in [-0.3, -0.25) is 0 Å². The van der Waals surface area contributed by atoms with E-state index in [9.17, 15) is 0 Å². The van der Waals surface area contributed by atoms with Crippen molar-refractivity contribution in [3.8, 4) is 6.07 Å². The van der Waals surface area contributed by atoms with Gasteiger partial charge in [-0.1, -0.05) is 18.2 Å². The Morgan fingerprint density at radius 2 is 2.08 bits per heavy atom. The van der Waals surface area contributed by atoms with Crippen molar-refractivity contribution >= 4 is 11.8 Å². The monoisotopic (exact) mass is 178 g/mol. The molecule has 0 spiro atoms. The molecule has 0 radical (unpaired) electrons. The lowest BCUT2D eigenvalue weighted by Gasteiger charge is -2.05. The van der Waals surface area contributed by atoms with Gasteiger partial charge in [0.15, 0.2) is 0 Å². The molecule has 0 aliphatic carbocycles. The lowest BCUT2D eigenvalue weighted by Crippen LogP contribution is -2.13. The number of thioether (sulfide) groups is 1. The van der Waals surface area contributed by atoms with Crippen molar-refractivity contribution in [3.05, 3.63) is 30.3 Å². The Hall–Kier alpha value is -0.980. The molecule has 2 N–H and O–H groups in total. The van der Waals surface area contributed by atoms with Gasteiger partial charge in [0.1, 0.15) is 0 Å². The van der Waals surface area contributed by atoms with Crippen LogP contribution in [-0.2, 0) is 0 Å². The van der Waals surface area contributed by atoms with E-state index in [1.807, 2.05) is 36.4 Å². The van der Waals surface area contributed by atoms with E-state index in [0.717, 1.165) is 4.90 Å². The predicted molar refractivity (Wildman–Crippen MR) is 50.5 cm³/mol.